The number of halogens is 3. The van der Waals surface area contributed by atoms with Crippen LogP contribution in [0, 0.1) is 0 Å². The number of benzene rings is 1. The van der Waals surface area contributed by atoms with E-state index in [1.54, 1.807) is 36.8 Å². The van der Waals surface area contributed by atoms with E-state index >= 15 is 0 Å². The van der Waals surface area contributed by atoms with Gasteiger partial charge in [-0.3, -0.25) is 4.98 Å². The van der Waals surface area contributed by atoms with E-state index in [1.807, 2.05) is 6.07 Å². The van der Waals surface area contributed by atoms with Gasteiger partial charge in [-0.1, -0.05) is 6.07 Å². The molecule has 0 unspecified atom stereocenters. The van der Waals surface area contributed by atoms with Gasteiger partial charge in [0, 0.05) is 49.9 Å². The van der Waals surface area contributed by atoms with E-state index in [0.29, 0.717) is 16.7 Å². The van der Waals surface area contributed by atoms with Crippen molar-refractivity contribution in [1.29, 1.82) is 0 Å². The average molecular weight is 376 g/mol. The van der Waals surface area contributed by atoms with Crippen LogP contribution < -0.4 is 9.64 Å². The summed E-state index contributed by atoms with van der Waals surface area (Å²) in [5, 5.41) is 0.707. The lowest BCUT2D eigenvalue weighted by atomic mass is 10.1. The van der Waals surface area contributed by atoms with Gasteiger partial charge >= 0.3 is 6.18 Å². The maximum atomic E-state index is 12.7. The van der Waals surface area contributed by atoms with Crippen molar-refractivity contribution in [2.45, 2.75) is 31.7 Å². The second-order valence-corrected chi connectivity index (χ2v) is 6.62. The molecule has 4 rings (SSSR count). The molecule has 0 amide bonds. The molecule has 8 heteroatoms. The van der Waals surface area contributed by atoms with E-state index in [0.717, 1.165) is 31.7 Å². The van der Waals surface area contributed by atoms with Crippen LogP contribution in [0.5, 0.6) is 5.75 Å². The van der Waals surface area contributed by atoms with Crippen LogP contribution in [-0.2, 0) is 6.54 Å². The van der Waals surface area contributed by atoms with Crippen molar-refractivity contribution < 1.29 is 17.9 Å². The summed E-state index contributed by atoms with van der Waals surface area (Å²) < 4.78 is 45.5. The molecule has 1 aliphatic heterocycles. The smallest absolute Gasteiger partial charge is 0.406 e. The van der Waals surface area contributed by atoms with Crippen molar-refractivity contribution in [3.8, 4) is 5.75 Å². The van der Waals surface area contributed by atoms with Crippen molar-refractivity contribution in [3.05, 3.63) is 49.1 Å². The second kappa shape index (κ2) is 7.09. The molecule has 0 aliphatic carbocycles. The van der Waals surface area contributed by atoms with Crippen molar-refractivity contribution in [1.82, 2.24) is 14.5 Å². The molecule has 1 aliphatic rings. The Balaban J connectivity index is 1.45. The summed E-state index contributed by atoms with van der Waals surface area (Å²) >= 11 is 0. The highest BCUT2D eigenvalue weighted by atomic mass is 19.4. The van der Waals surface area contributed by atoms with E-state index in [1.165, 1.54) is 10.8 Å². The maximum absolute atomic E-state index is 12.7. The third-order valence-corrected chi connectivity index (χ3v) is 4.73. The number of nitrogens with zero attached hydrogens (tertiary/aromatic N) is 4. The molecule has 1 aromatic carbocycles. The molecule has 1 fully saturated rings. The molecule has 0 radical (unpaired) electrons. The first-order valence-electron chi connectivity index (χ1n) is 8.82. The monoisotopic (exact) mass is 376 g/mol. The summed E-state index contributed by atoms with van der Waals surface area (Å²) in [7, 11) is 0. The summed E-state index contributed by atoms with van der Waals surface area (Å²) in [6, 6.07) is 6.92. The van der Waals surface area contributed by atoms with Gasteiger partial charge in [-0.2, -0.15) is 13.2 Å². The highest BCUT2D eigenvalue weighted by Crippen LogP contribution is 2.31. The number of ether oxygens (including phenoxy) is 1. The number of anilines is 1. The van der Waals surface area contributed by atoms with E-state index in [4.69, 9.17) is 4.74 Å². The Morgan fingerprint density at radius 3 is 2.63 bits per heavy atom. The fourth-order valence-corrected chi connectivity index (χ4v) is 3.47. The number of alkyl halides is 3. The van der Waals surface area contributed by atoms with Crippen LogP contribution in [0.15, 0.2) is 49.1 Å². The van der Waals surface area contributed by atoms with Crippen molar-refractivity contribution in [2.75, 3.05) is 18.0 Å². The minimum Gasteiger partial charge on any atom is -0.490 e. The zero-order valence-electron chi connectivity index (χ0n) is 14.6. The lowest BCUT2D eigenvalue weighted by Gasteiger charge is -2.32. The average Bonchev–Trinajstić information content (AvgIpc) is 3.05. The molecule has 3 aromatic rings. The van der Waals surface area contributed by atoms with Gasteiger partial charge in [0.1, 0.15) is 24.2 Å². The van der Waals surface area contributed by atoms with Gasteiger partial charge < -0.3 is 14.2 Å². The molecular formula is C19H19F3N4O. The predicted octanol–water partition coefficient (Wildman–Crippen LogP) is 4.04. The first kappa shape index (κ1) is 17.6. The summed E-state index contributed by atoms with van der Waals surface area (Å²) in [5.74, 6) is 1.48. The first-order valence-corrected chi connectivity index (χ1v) is 8.82. The minimum absolute atomic E-state index is 0.0227. The quantitative estimate of drug-likeness (QED) is 0.689. The van der Waals surface area contributed by atoms with Gasteiger partial charge in [0.25, 0.3) is 0 Å². The number of piperidine rings is 1. The van der Waals surface area contributed by atoms with Crippen molar-refractivity contribution in [2.24, 2.45) is 0 Å². The second-order valence-electron chi connectivity index (χ2n) is 6.62. The van der Waals surface area contributed by atoms with Gasteiger partial charge in [0.15, 0.2) is 0 Å². The number of aromatic nitrogens is 3. The van der Waals surface area contributed by atoms with Gasteiger partial charge in [-0.15, -0.1) is 0 Å². The fraction of sp³-hybridized carbons (Fsp3) is 0.368. The van der Waals surface area contributed by atoms with E-state index < -0.39 is 12.7 Å². The molecule has 27 heavy (non-hydrogen) atoms. The highest BCUT2D eigenvalue weighted by molar-refractivity contribution is 5.86. The Bertz CT molecular complexity index is 902. The summed E-state index contributed by atoms with van der Waals surface area (Å²) in [6.45, 7) is 0.597. The van der Waals surface area contributed by atoms with Crippen LogP contribution >= 0.6 is 0 Å². The molecule has 0 saturated carbocycles. The molecule has 1 saturated heterocycles. The number of fused-ring (bicyclic) bond motifs is 1. The highest BCUT2D eigenvalue weighted by Gasteiger charge is 2.28. The molecule has 0 bridgehead atoms. The van der Waals surface area contributed by atoms with E-state index in [2.05, 4.69) is 14.9 Å². The van der Waals surface area contributed by atoms with Gasteiger partial charge in [0.2, 0.25) is 0 Å². The maximum Gasteiger partial charge on any atom is 0.406 e. The molecule has 142 valence electrons. The normalized spacial score (nSPS) is 16.0. The van der Waals surface area contributed by atoms with Gasteiger partial charge in [-0.05, 0) is 18.2 Å². The van der Waals surface area contributed by atoms with Gasteiger partial charge in [-0.25, -0.2) is 4.98 Å². The Hall–Kier alpha value is -2.77. The van der Waals surface area contributed by atoms with E-state index in [-0.39, 0.29) is 6.10 Å². The van der Waals surface area contributed by atoms with Gasteiger partial charge in [0.05, 0.1) is 11.7 Å². The molecular weight excluding hydrogens is 357 g/mol. The number of hydrogen-bond donors (Lipinski definition) is 0. The summed E-state index contributed by atoms with van der Waals surface area (Å²) in [6.07, 6.45) is 3.92. The molecule has 2 aromatic heterocycles. The lowest BCUT2D eigenvalue weighted by molar-refractivity contribution is -0.139. The Labute approximate surface area is 154 Å². The standard InChI is InChI=1S/C19H19F3N4O/c20-19(21,22)13-26-11-6-15-16(26)2-1-3-17(15)27-14-4-9-25(10-5-14)18-12-23-7-8-24-18/h1-3,6-8,11-12,14H,4-5,9-10,13H2. The zero-order chi connectivity index (χ0) is 18.9. The van der Waals surface area contributed by atoms with Crippen LogP contribution in [0.3, 0.4) is 0 Å². The fourth-order valence-electron chi connectivity index (χ4n) is 3.47. The van der Waals surface area contributed by atoms with Crippen molar-refractivity contribution >= 4 is 16.7 Å². The predicted molar refractivity (Wildman–Crippen MR) is 95.9 cm³/mol. The molecule has 5 nitrogen and oxygen atoms in total. The number of rotatable bonds is 4. The van der Waals surface area contributed by atoms with Crippen LogP contribution in [0.2, 0.25) is 0 Å². The number of hydrogen-bond acceptors (Lipinski definition) is 4. The lowest BCUT2D eigenvalue weighted by Crippen LogP contribution is -2.38. The first-order chi connectivity index (χ1) is 13.0. The van der Waals surface area contributed by atoms with Crippen LogP contribution in [0.1, 0.15) is 12.8 Å². The molecule has 0 spiro atoms. The molecule has 0 atom stereocenters. The summed E-state index contributed by atoms with van der Waals surface area (Å²) in [5.41, 5.74) is 0.529. The zero-order valence-corrected chi connectivity index (χ0v) is 14.6. The van der Waals surface area contributed by atoms with E-state index in [9.17, 15) is 13.2 Å². The Morgan fingerprint density at radius 1 is 1.11 bits per heavy atom. The Kier molecular flexibility index (Phi) is 4.63. The molecule has 3 heterocycles. The third kappa shape index (κ3) is 3.99. The Morgan fingerprint density at radius 2 is 1.93 bits per heavy atom. The van der Waals surface area contributed by atoms with Crippen molar-refractivity contribution in [3.63, 3.8) is 0 Å². The minimum atomic E-state index is -4.25. The SMILES string of the molecule is FC(F)(F)Cn1ccc2c(OC3CCN(c4cnccn4)CC3)cccc21. The summed E-state index contributed by atoms with van der Waals surface area (Å²) in [4.78, 5) is 10.6. The largest absolute Gasteiger partial charge is 0.490 e. The van der Waals surface area contributed by atoms with Crippen LogP contribution in [0.4, 0.5) is 19.0 Å². The topological polar surface area (TPSA) is 43.2 Å². The molecule has 0 N–H and O–H groups in total. The van der Waals surface area contributed by atoms with Crippen LogP contribution in [-0.4, -0.2) is 39.9 Å². The van der Waals surface area contributed by atoms with Crippen LogP contribution in [0.25, 0.3) is 10.9 Å². The third-order valence-electron chi connectivity index (χ3n) is 4.73.